The van der Waals surface area contributed by atoms with Crippen molar-refractivity contribution in [3.63, 3.8) is 0 Å². The second-order valence-electron chi connectivity index (χ2n) is 4.71. The maximum Gasteiger partial charge on any atom is 0.146 e. The number of halogens is 4. The Labute approximate surface area is 132 Å². The van der Waals surface area contributed by atoms with Crippen LogP contribution in [-0.2, 0) is 6.42 Å². The van der Waals surface area contributed by atoms with Gasteiger partial charge >= 0.3 is 0 Å². The molecule has 21 heavy (non-hydrogen) atoms. The molecule has 1 unspecified atom stereocenters. The number of likely N-dealkylation sites (N-methyl/N-ethyl adjacent to an activating group) is 1. The van der Waals surface area contributed by atoms with Crippen molar-refractivity contribution < 1.29 is 8.78 Å². The molecule has 5 heteroatoms. The van der Waals surface area contributed by atoms with Gasteiger partial charge in [-0.25, -0.2) is 8.78 Å². The smallest absolute Gasteiger partial charge is 0.146 e. The van der Waals surface area contributed by atoms with E-state index in [4.69, 9.17) is 23.2 Å². The molecule has 2 aromatic carbocycles. The van der Waals surface area contributed by atoms with E-state index in [0.29, 0.717) is 18.5 Å². The van der Waals surface area contributed by atoms with Gasteiger partial charge in [-0.15, -0.1) is 0 Å². The van der Waals surface area contributed by atoms with Crippen LogP contribution in [0.15, 0.2) is 36.4 Å². The van der Waals surface area contributed by atoms with Crippen LogP contribution < -0.4 is 5.32 Å². The summed E-state index contributed by atoms with van der Waals surface area (Å²) in [6.45, 7) is 2.59. The van der Waals surface area contributed by atoms with Crippen molar-refractivity contribution in [1.29, 1.82) is 0 Å². The van der Waals surface area contributed by atoms with E-state index in [0.717, 1.165) is 5.56 Å². The summed E-state index contributed by atoms with van der Waals surface area (Å²) in [4.78, 5) is 0. The molecule has 2 rings (SSSR count). The summed E-state index contributed by atoms with van der Waals surface area (Å²) in [5.41, 5.74) is 1.21. The molecule has 0 aliphatic carbocycles. The predicted octanol–water partition coefficient (Wildman–Crippen LogP) is 5.16. The van der Waals surface area contributed by atoms with Crippen LogP contribution in [0, 0.1) is 11.6 Å². The molecule has 0 heterocycles. The monoisotopic (exact) mass is 329 g/mol. The number of benzene rings is 2. The molecule has 0 aliphatic heterocycles. The zero-order valence-corrected chi connectivity index (χ0v) is 13.0. The summed E-state index contributed by atoms with van der Waals surface area (Å²) in [6, 6.07) is 9.21. The molecule has 0 aliphatic rings. The van der Waals surface area contributed by atoms with Gasteiger partial charge in [-0.2, -0.15) is 0 Å². The topological polar surface area (TPSA) is 12.0 Å². The summed E-state index contributed by atoms with van der Waals surface area (Å²) < 4.78 is 27.7. The Kier molecular flexibility index (Phi) is 5.57. The normalized spacial score (nSPS) is 12.4. The number of hydrogen-bond donors (Lipinski definition) is 1. The highest BCUT2D eigenvalue weighted by atomic mass is 35.5. The van der Waals surface area contributed by atoms with E-state index in [1.807, 2.05) is 6.92 Å². The largest absolute Gasteiger partial charge is 0.310 e. The van der Waals surface area contributed by atoms with Crippen molar-refractivity contribution in [2.45, 2.75) is 19.4 Å². The summed E-state index contributed by atoms with van der Waals surface area (Å²) in [6.07, 6.45) is 0.444. The molecule has 0 aromatic heterocycles. The molecule has 112 valence electrons. The van der Waals surface area contributed by atoms with Crippen LogP contribution in [-0.4, -0.2) is 6.54 Å². The molecule has 0 spiro atoms. The van der Waals surface area contributed by atoms with Crippen molar-refractivity contribution >= 4 is 23.2 Å². The molecule has 0 fully saturated rings. The Balaban J connectivity index is 2.30. The maximum absolute atomic E-state index is 14.2. The van der Waals surface area contributed by atoms with E-state index in [2.05, 4.69) is 5.32 Å². The van der Waals surface area contributed by atoms with E-state index < -0.39 is 11.6 Å². The van der Waals surface area contributed by atoms with E-state index in [-0.39, 0.29) is 16.1 Å². The molecule has 1 nitrogen and oxygen atoms in total. The Morgan fingerprint density at radius 1 is 1.10 bits per heavy atom. The fourth-order valence-electron chi connectivity index (χ4n) is 2.23. The molecular weight excluding hydrogens is 315 g/mol. The summed E-state index contributed by atoms with van der Waals surface area (Å²) in [7, 11) is 0. The molecule has 0 radical (unpaired) electrons. The van der Waals surface area contributed by atoms with Crippen LogP contribution in [0.2, 0.25) is 10.0 Å². The van der Waals surface area contributed by atoms with Crippen LogP contribution in [0.4, 0.5) is 8.78 Å². The SMILES string of the molecule is CCNC(Cc1ccc(Cl)c(F)c1)c1cccc(Cl)c1F. The van der Waals surface area contributed by atoms with Crippen LogP contribution >= 0.6 is 23.2 Å². The highest BCUT2D eigenvalue weighted by Gasteiger charge is 2.17. The molecule has 0 saturated heterocycles. The first-order chi connectivity index (χ1) is 10.0. The van der Waals surface area contributed by atoms with Gasteiger partial charge in [0.2, 0.25) is 0 Å². The summed E-state index contributed by atoms with van der Waals surface area (Å²) >= 11 is 11.5. The second kappa shape index (κ2) is 7.21. The van der Waals surface area contributed by atoms with Gasteiger partial charge in [-0.05, 0) is 36.7 Å². The zero-order chi connectivity index (χ0) is 15.4. The highest BCUT2D eigenvalue weighted by Crippen LogP contribution is 2.27. The van der Waals surface area contributed by atoms with Gasteiger partial charge in [-0.3, -0.25) is 0 Å². The van der Waals surface area contributed by atoms with Gasteiger partial charge in [0.1, 0.15) is 11.6 Å². The quantitative estimate of drug-likeness (QED) is 0.798. The minimum absolute atomic E-state index is 0.0766. The fraction of sp³-hybridized carbons (Fsp3) is 0.250. The van der Waals surface area contributed by atoms with Gasteiger partial charge in [-0.1, -0.05) is 48.3 Å². The lowest BCUT2D eigenvalue weighted by Crippen LogP contribution is -2.24. The number of nitrogens with one attached hydrogen (secondary N) is 1. The van der Waals surface area contributed by atoms with Crippen molar-refractivity contribution in [3.05, 3.63) is 69.2 Å². The molecule has 0 saturated carbocycles. The third kappa shape index (κ3) is 3.94. The third-order valence-corrected chi connectivity index (χ3v) is 3.83. The second-order valence-corrected chi connectivity index (χ2v) is 5.52. The van der Waals surface area contributed by atoms with Crippen LogP contribution in [0.3, 0.4) is 0 Å². The first kappa shape index (κ1) is 16.2. The summed E-state index contributed by atoms with van der Waals surface area (Å²) in [5, 5.41) is 3.35. The molecular formula is C16H15Cl2F2N. The Bertz CT molecular complexity index is 632. The van der Waals surface area contributed by atoms with E-state index in [1.165, 1.54) is 18.2 Å². The first-order valence-corrected chi connectivity index (χ1v) is 7.39. The summed E-state index contributed by atoms with van der Waals surface area (Å²) in [5.74, 6) is -0.921. The Morgan fingerprint density at radius 3 is 2.52 bits per heavy atom. The van der Waals surface area contributed by atoms with Gasteiger partial charge in [0, 0.05) is 11.6 Å². The molecule has 1 atom stereocenters. The lowest BCUT2D eigenvalue weighted by molar-refractivity contribution is 0.509. The highest BCUT2D eigenvalue weighted by molar-refractivity contribution is 6.31. The van der Waals surface area contributed by atoms with Gasteiger partial charge in [0.25, 0.3) is 0 Å². The van der Waals surface area contributed by atoms with Crippen LogP contribution in [0.25, 0.3) is 0 Å². The van der Waals surface area contributed by atoms with E-state index in [1.54, 1.807) is 18.2 Å². The molecule has 0 bridgehead atoms. The predicted molar refractivity (Wildman–Crippen MR) is 82.9 cm³/mol. The average molecular weight is 330 g/mol. The minimum Gasteiger partial charge on any atom is -0.310 e. The Hall–Kier alpha value is -1.16. The van der Waals surface area contributed by atoms with Crippen LogP contribution in [0.5, 0.6) is 0 Å². The lowest BCUT2D eigenvalue weighted by Gasteiger charge is -2.19. The fourth-order valence-corrected chi connectivity index (χ4v) is 2.53. The lowest BCUT2D eigenvalue weighted by atomic mass is 9.98. The van der Waals surface area contributed by atoms with Crippen molar-refractivity contribution in [3.8, 4) is 0 Å². The third-order valence-electron chi connectivity index (χ3n) is 3.23. The van der Waals surface area contributed by atoms with Crippen molar-refractivity contribution in [2.24, 2.45) is 0 Å². The van der Waals surface area contributed by atoms with Gasteiger partial charge in [0.15, 0.2) is 0 Å². The molecule has 0 amide bonds. The Morgan fingerprint density at radius 2 is 1.86 bits per heavy atom. The van der Waals surface area contributed by atoms with Gasteiger partial charge in [0.05, 0.1) is 10.0 Å². The average Bonchev–Trinajstić information content (AvgIpc) is 2.45. The molecule has 2 aromatic rings. The standard InChI is InChI=1S/C16H15Cl2F2N/c1-2-21-15(11-4-3-5-13(18)16(11)20)9-10-6-7-12(17)14(19)8-10/h3-8,15,21H,2,9H2,1H3. The van der Waals surface area contributed by atoms with Crippen molar-refractivity contribution in [1.82, 2.24) is 5.32 Å². The van der Waals surface area contributed by atoms with E-state index in [9.17, 15) is 8.78 Å². The zero-order valence-electron chi connectivity index (χ0n) is 11.5. The first-order valence-electron chi connectivity index (χ1n) is 6.64. The maximum atomic E-state index is 14.2. The number of rotatable bonds is 5. The van der Waals surface area contributed by atoms with Crippen LogP contribution in [0.1, 0.15) is 24.1 Å². The number of hydrogen-bond acceptors (Lipinski definition) is 1. The van der Waals surface area contributed by atoms with E-state index >= 15 is 0 Å². The van der Waals surface area contributed by atoms with Gasteiger partial charge < -0.3 is 5.32 Å². The molecule has 1 N–H and O–H groups in total. The minimum atomic E-state index is -0.476. The van der Waals surface area contributed by atoms with Crippen molar-refractivity contribution in [2.75, 3.05) is 6.54 Å².